The highest BCUT2D eigenvalue weighted by Gasteiger charge is 2.52. The molecule has 3 fully saturated rings. The lowest BCUT2D eigenvalue weighted by atomic mass is 9.96. The molecule has 0 unspecified atom stereocenters. The van der Waals surface area contributed by atoms with Crippen LogP contribution in [0.5, 0.6) is 0 Å². The van der Waals surface area contributed by atoms with Gasteiger partial charge in [0.2, 0.25) is 59.1 Å². The van der Waals surface area contributed by atoms with Crippen molar-refractivity contribution in [3.8, 4) is 0 Å². The van der Waals surface area contributed by atoms with Gasteiger partial charge in [0, 0.05) is 60.2 Å². The fourth-order valence-electron chi connectivity index (χ4n) is 11.5. The number of carbonyl (C=O) groups is 16. The van der Waals surface area contributed by atoms with E-state index >= 15 is 9.59 Å². The van der Waals surface area contributed by atoms with Gasteiger partial charge in [0.25, 0.3) is 5.91 Å². The monoisotopic (exact) mass is 1480 g/mol. The van der Waals surface area contributed by atoms with Gasteiger partial charge in [0.15, 0.2) is 18.5 Å². The Kier molecular flexibility index (Phi) is 38.2. The first-order chi connectivity index (χ1) is 48.8. The Morgan fingerprint density at radius 1 is 0.644 bits per heavy atom. The molecule has 0 aromatic heterocycles. The third kappa shape index (κ3) is 31.9. The molecule has 13 N–H and O–H groups in total. The number of rotatable bonds is 30. The van der Waals surface area contributed by atoms with Crippen LogP contribution in [0.15, 0.2) is 12.2 Å². The maximum atomic E-state index is 15.4. The van der Waals surface area contributed by atoms with E-state index in [1.54, 1.807) is 41.5 Å². The average molecular weight is 1480 g/mol. The van der Waals surface area contributed by atoms with Gasteiger partial charge >= 0.3 is 30.1 Å². The smallest absolute Gasteiger partial charge is 0.417 e. The average Bonchev–Trinajstić information content (AvgIpc) is 0.915. The van der Waals surface area contributed by atoms with Crippen molar-refractivity contribution in [1.29, 1.82) is 0 Å². The Labute approximate surface area is 606 Å². The van der Waals surface area contributed by atoms with Gasteiger partial charge in [0.1, 0.15) is 73.3 Å². The van der Waals surface area contributed by atoms with E-state index in [1.165, 1.54) is 44.7 Å². The van der Waals surface area contributed by atoms with E-state index in [0.29, 0.717) is 11.3 Å². The number of hydrogen-bond acceptors (Lipinski definition) is 24. The Morgan fingerprint density at radius 2 is 1.26 bits per heavy atom. The van der Waals surface area contributed by atoms with Crippen molar-refractivity contribution in [2.24, 2.45) is 29.2 Å². The molecule has 0 spiro atoms. The zero-order valence-corrected chi connectivity index (χ0v) is 62.1. The van der Waals surface area contributed by atoms with Gasteiger partial charge in [-0.3, -0.25) is 67.1 Å². The number of nitrogens with zero attached hydrogens (tertiary/aromatic N) is 2. The number of nitrogens with two attached hydrogens (primary N) is 2. The number of imide groups is 1. The minimum atomic E-state index is -1.82. The molecule has 104 heavy (non-hydrogen) atoms. The van der Waals surface area contributed by atoms with E-state index in [1.807, 2.05) is 0 Å². The van der Waals surface area contributed by atoms with E-state index < -0.39 is 206 Å². The topological polar surface area (TPSA) is 505 Å². The molecule has 0 aliphatic carbocycles. The third-order valence-corrected chi connectivity index (χ3v) is 16.3. The summed E-state index contributed by atoms with van der Waals surface area (Å²) in [6.45, 7) is 17.5. The van der Waals surface area contributed by atoms with Crippen LogP contribution in [0.4, 0.5) is 9.59 Å². The summed E-state index contributed by atoms with van der Waals surface area (Å²) in [6, 6.07) is -11.7. The van der Waals surface area contributed by atoms with Crippen LogP contribution in [0.3, 0.4) is 0 Å². The summed E-state index contributed by atoms with van der Waals surface area (Å²) in [6.07, 6.45) is -5.20. The van der Waals surface area contributed by atoms with Crippen molar-refractivity contribution in [1.82, 2.24) is 57.7 Å². The van der Waals surface area contributed by atoms with Crippen LogP contribution in [0.25, 0.3) is 0 Å². The molecule has 3 aliphatic heterocycles. The van der Waals surface area contributed by atoms with Crippen molar-refractivity contribution < 1.29 is 110 Å². The molecule has 0 saturated carbocycles. The number of esters is 3. The Morgan fingerprint density at radius 3 is 1.87 bits per heavy atom. The fourth-order valence-corrected chi connectivity index (χ4v) is 11.5. The number of hydrogen-bond donors (Lipinski definition) is 11. The molecule has 12 atom stereocenters. The predicted molar refractivity (Wildman–Crippen MR) is 369 cm³/mol. The van der Waals surface area contributed by atoms with Crippen molar-refractivity contribution in [3.63, 3.8) is 0 Å². The van der Waals surface area contributed by atoms with Crippen LogP contribution in [-0.4, -0.2) is 236 Å². The number of amides is 13. The summed E-state index contributed by atoms with van der Waals surface area (Å²) in [7, 11) is 0. The molecule has 586 valence electrons. The molecule has 0 aromatic rings. The van der Waals surface area contributed by atoms with Crippen LogP contribution >= 0.6 is 0 Å². The lowest BCUT2D eigenvalue weighted by Gasteiger charge is -2.44. The highest BCUT2D eigenvalue weighted by molar-refractivity contribution is 6.03. The van der Waals surface area contributed by atoms with Gasteiger partial charge in [-0.15, -0.1) is 0 Å². The van der Waals surface area contributed by atoms with Crippen molar-refractivity contribution in [2.75, 3.05) is 52.5 Å². The SMILES string of the molecule is CC(=O)N[C@H]1[C@H](OC/C=C\COC(=O)NCCCC[C@@H]2NC(=O)[C@H](C(C)C)NC(=O)[C@H](CCCCN)N(C(=O)OC(C)(C)C)C(=O)[C@H](CCC(=O)NCCC(N)=O)NC(=O)[C@H](CC(C)C)NC(=O)CNC(=O)[C@@H]3CCCN3C(=O)[C@H](CC(C)C)NC2=O)O[C@H](COC(C)=O)[C@@H](OC(C)=O)[C@@H]1OC(C)=O. The molecule has 3 heterocycles. The van der Waals surface area contributed by atoms with Crippen LogP contribution in [-0.2, 0) is 100 Å². The molecule has 36 nitrogen and oxygen atoms in total. The third-order valence-electron chi connectivity index (χ3n) is 16.3. The molecule has 3 aliphatic rings. The molecule has 36 heteroatoms. The maximum Gasteiger partial charge on any atom is 0.417 e. The van der Waals surface area contributed by atoms with Gasteiger partial charge in [-0.2, -0.15) is 0 Å². The molecule has 0 radical (unpaired) electrons. The second-order valence-electron chi connectivity index (χ2n) is 27.8. The molecule has 13 amide bonds. The fraction of sp³-hybridized carbons (Fsp3) is 0.735. The van der Waals surface area contributed by atoms with Crippen molar-refractivity contribution >= 4 is 95.1 Å². The first-order valence-electron chi connectivity index (χ1n) is 35.3. The zero-order valence-electron chi connectivity index (χ0n) is 62.1. The highest BCUT2D eigenvalue weighted by atomic mass is 16.7. The van der Waals surface area contributed by atoms with Gasteiger partial charge < -0.3 is 97.4 Å². The number of alkyl carbamates (subject to hydrolysis) is 1. The van der Waals surface area contributed by atoms with Crippen molar-refractivity contribution in [3.05, 3.63) is 12.2 Å². The maximum absolute atomic E-state index is 15.4. The summed E-state index contributed by atoms with van der Waals surface area (Å²) >= 11 is 0. The number of carbonyl (C=O) groups excluding carboxylic acids is 16. The number of unbranched alkanes of at least 4 members (excludes halogenated alkanes) is 2. The first-order valence-corrected chi connectivity index (χ1v) is 35.3. The molecule has 3 rings (SSSR count). The van der Waals surface area contributed by atoms with Crippen LogP contribution in [0, 0.1) is 17.8 Å². The van der Waals surface area contributed by atoms with E-state index in [-0.39, 0.29) is 115 Å². The van der Waals surface area contributed by atoms with Crippen LogP contribution < -0.4 is 59.3 Å². The van der Waals surface area contributed by atoms with E-state index in [9.17, 15) is 67.1 Å². The van der Waals surface area contributed by atoms with Gasteiger partial charge in [-0.1, -0.05) is 47.6 Å². The summed E-state index contributed by atoms with van der Waals surface area (Å²) in [4.78, 5) is 220. The normalized spacial score (nSPS) is 24.4. The van der Waals surface area contributed by atoms with E-state index in [2.05, 4.69) is 47.9 Å². The van der Waals surface area contributed by atoms with Gasteiger partial charge in [-0.25, -0.2) is 14.5 Å². The summed E-state index contributed by atoms with van der Waals surface area (Å²) in [5, 5.41) is 23.6. The van der Waals surface area contributed by atoms with Crippen LogP contribution in [0.2, 0.25) is 0 Å². The largest absolute Gasteiger partial charge is 0.463 e. The first kappa shape index (κ1) is 89.2. The number of primary amides is 1. The van der Waals surface area contributed by atoms with Crippen LogP contribution in [0.1, 0.15) is 173 Å². The molecule has 0 aromatic carbocycles. The number of ether oxygens (including phenoxy) is 7. The van der Waals surface area contributed by atoms with Gasteiger partial charge in [0.05, 0.1) is 13.2 Å². The zero-order chi connectivity index (χ0) is 78.1. The minimum Gasteiger partial charge on any atom is -0.463 e. The summed E-state index contributed by atoms with van der Waals surface area (Å²) in [5.74, 6) is -12.8. The Hall–Kier alpha value is -9.06. The summed E-state index contributed by atoms with van der Waals surface area (Å²) in [5.41, 5.74) is 9.85. The molecule has 3 saturated heterocycles. The lowest BCUT2D eigenvalue weighted by Crippen LogP contribution is -2.66. The molecular formula is C68H111N13O23. The van der Waals surface area contributed by atoms with E-state index in [4.69, 9.17) is 44.6 Å². The molecular weight excluding hydrogens is 1370 g/mol. The lowest BCUT2D eigenvalue weighted by molar-refractivity contribution is -0.275. The second-order valence-corrected chi connectivity index (χ2v) is 27.8. The minimum absolute atomic E-state index is 0.0330. The summed E-state index contributed by atoms with van der Waals surface area (Å²) < 4.78 is 38.9. The molecule has 0 bridgehead atoms. The quantitative estimate of drug-likeness (QED) is 0.0186. The van der Waals surface area contributed by atoms with E-state index in [0.717, 1.165) is 20.8 Å². The number of nitrogens with one attached hydrogen (secondary N) is 9. The standard InChI is InChI=1S/C68H111N13O23/c1-37(2)33-46-59(90)77-45(24-25-52(87)71-29-26-51(70)86)64(95)81(67(97)104-68(11,12)13)49(22-14-16-27-69)61(92)79-54(39(5)6)62(93)76-44(58(89)78-47(34-38(3)4)63(94)80-30-20-23-48(80)60(91)73-35-53(88)75-46)21-15-17-28-72-66(96)99-32-19-18-31-98-65-55(74-40(7)82)57(102-43(10)85)56(101-42(9)84)50(103-65)36-100-41(8)83/h18-19,37-39,44-50,54-57,65H,14-17,20-36,69H2,1-13H3,(H2,70,86)(H,71,87)(H,72,96)(H,73,91)(H,74,82)(H,75,88)(H,76,93)(H,77,90)(H,78,89)(H,79,92)/b19-18-/t44-,45-,46-,47-,48-,49-,50+,54-,55+,56+,57+,65+/m0/s1. The predicted octanol–water partition coefficient (Wildman–Crippen LogP) is -0.562. The second kappa shape index (κ2) is 44.6. The highest BCUT2D eigenvalue weighted by Crippen LogP contribution is 2.29. The Bertz CT molecular complexity index is 3010. The Balaban J connectivity index is 2.05. The van der Waals surface area contributed by atoms with Gasteiger partial charge in [-0.05, 0) is 122 Å². The van der Waals surface area contributed by atoms with Crippen molar-refractivity contribution in [2.45, 2.75) is 252 Å². The number of fused-ring (bicyclic) bond motifs is 1.